The minimum atomic E-state index is 0.0798. The highest BCUT2D eigenvalue weighted by molar-refractivity contribution is 5.78. The van der Waals surface area contributed by atoms with Gasteiger partial charge in [0, 0.05) is 19.6 Å². The van der Waals surface area contributed by atoms with Crippen LogP contribution in [-0.2, 0) is 4.79 Å². The zero-order valence-corrected chi connectivity index (χ0v) is 9.99. The third-order valence-corrected chi connectivity index (χ3v) is 2.08. The van der Waals surface area contributed by atoms with E-state index in [2.05, 4.69) is 6.58 Å². The zero-order chi connectivity index (χ0) is 11.8. The molecule has 0 bridgehead atoms. The minimum absolute atomic E-state index is 0.0798. The van der Waals surface area contributed by atoms with E-state index in [0.29, 0.717) is 26.2 Å². The quantitative estimate of drug-likeness (QED) is 0.621. The average molecular weight is 214 g/mol. The molecule has 0 fully saturated rings. The number of nitrogens with zero attached hydrogens (tertiary/aromatic N) is 2. The Hall–Kier alpha value is -0.870. The van der Waals surface area contributed by atoms with E-state index in [-0.39, 0.29) is 12.5 Å². The van der Waals surface area contributed by atoms with Gasteiger partial charge in [-0.25, -0.2) is 0 Å². The van der Waals surface area contributed by atoms with Crippen molar-refractivity contribution in [3.05, 3.63) is 12.2 Å². The standard InChI is InChI=1S/C11H22N2O2/c1-5-13(8-10(2)3)11(15)9-12(4)6-7-14/h14H,2,5-9H2,1,3-4H3. The fourth-order valence-electron chi connectivity index (χ4n) is 1.28. The maximum Gasteiger partial charge on any atom is 0.237 e. The Bertz CT molecular complexity index is 217. The van der Waals surface area contributed by atoms with E-state index in [1.54, 1.807) is 4.90 Å². The van der Waals surface area contributed by atoms with Crippen molar-refractivity contribution in [2.24, 2.45) is 0 Å². The van der Waals surface area contributed by atoms with Crippen molar-refractivity contribution in [3.63, 3.8) is 0 Å². The largest absolute Gasteiger partial charge is 0.395 e. The zero-order valence-electron chi connectivity index (χ0n) is 9.99. The van der Waals surface area contributed by atoms with Crippen LogP contribution in [0.4, 0.5) is 0 Å². The summed E-state index contributed by atoms with van der Waals surface area (Å²) in [5.74, 6) is 0.0800. The number of hydrogen-bond acceptors (Lipinski definition) is 3. The summed E-state index contributed by atoms with van der Waals surface area (Å²) in [4.78, 5) is 15.3. The Morgan fingerprint density at radius 2 is 2.00 bits per heavy atom. The van der Waals surface area contributed by atoms with Gasteiger partial charge in [-0.2, -0.15) is 0 Å². The molecule has 0 aliphatic heterocycles. The lowest BCUT2D eigenvalue weighted by atomic mass is 10.3. The van der Waals surface area contributed by atoms with Crippen molar-refractivity contribution >= 4 is 5.91 Å². The Labute approximate surface area is 92.2 Å². The van der Waals surface area contributed by atoms with Crippen LogP contribution in [0.15, 0.2) is 12.2 Å². The van der Waals surface area contributed by atoms with Crippen LogP contribution in [0.2, 0.25) is 0 Å². The molecule has 0 aromatic rings. The van der Waals surface area contributed by atoms with Gasteiger partial charge in [-0.1, -0.05) is 12.2 Å². The highest BCUT2D eigenvalue weighted by atomic mass is 16.3. The van der Waals surface area contributed by atoms with Gasteiger partial charge in [-0.05, 0) is 20.9 Å². The first-order valence-corrected chi connectivity index (χ1v) is 5.22. The lowest BCUT2D eigenvalue weighted by Gasteiger charge is -2.24. The molecule has 0 radical (unpaired) electrons. The molecule has 0 saturated carbocycles. The van der Waals surface area contributed by atoms with E-state index < -0.39 is 0 Å². The molecule has 0 saturated heterocycles. The number of rotatable bonds is 7. The average Bonchev–Trinajstić information content (AvgIpc) is 2.13. The molecule has 0 aromatic carbocycles. The molecule has 0 unspecified atom stereocenters. The van der Waals surface area contributed by atoms with Gasteiger partial charge in [-0.15, -0.1) is 0 Å². The van der Waals surface area contributed by atoms with E-state index in [4.69, 9.17) is 5.11 Å². The van der Waals surface area contributed by atoms with Gasteiger partial charge >= 0.3 is 0 Å². The van der Waals surface area contributed by atoms with Gasteiger partial charge in [0.2, 0.25) is 5.91 Å². The van der Waals surface area contributed by atoms with Gasteiger partial charge in [0.05, 0.1) is 13.2 Å². The maximum absolute atomic E-state index is 11.8. The molecule has 0 heterocycles. The molecule has 0 spiro atoms. The van der Waals surface area contributed by atoms with Crippen LogP contribution < -0.4 is 0 Å². The molecule has 1 amide bonds. The summed E-state index contributed by atoms with van der Waals surface area (Å²) in [6.07, 6.45) is 0. The normalized spacial score (nSPS) is 10.5. The molecule has 0 rings (SSSR count). The number of amides is 1. The van der Waals surface area contributed by atoms with Crippen molar-refractivity contribution < 1.29 is 9.90 Å². The fraction of sp³-hybridized carbons (Fsp3) is 0.727. The van der Waals surface area contributed by atoms with Crippen molar-refractivity contribution in [2.75, 3.05) is 39.8 Å². The molecule has 15 heavy (non-hydrogen) atoms. The van der Waals surface area contributed by atoms with Crippen molar-refractivity contribution in [1.82, 2.24) is 9.80 Å². The molecular weight excluding hydrogens is 192 g/mol. The van der Waals surface area contributed by atoms with Gasteiger partial charge < -0.3 is 10.0 Å². The molecule has 0 aliphatic rings. The second-order valence-corrected chi connectivity index (χ2v) is 3.83. The topological polar surface area (TPSA) is 43.8 Å². The molecule has 0 atom stereocenters. The first kappa shape index (κ1) is 14.1. The summed E-state index contributed by atoms with van der Waals surface area (Å²) >= 11 is 0. The second kappa shape index (κ2) is 7.43. The molecular formula is C11H22N2O2. The highest BCUT2D eigenvalue weighted by Crippen LogP contribution is 1.97. The Morgan fingerprint density at radius 1 is 1.40 bits per heavy atom. The van der Waals surface area contributed by atoms with E-state index in [0.717, 1.165) is 5.57 Å². The van der Waals surface area contributed by atoms with Gasteiger partial charge in [0.15, 0.2) is 0 Å². The van der Waals surface area contributed by atoms with Gasteiger partial charge in [0.1, 0.15) is 0 Å². The van der Waals surface area contributed by atoms with Crippen LogP contribution in [0.5, 0.6) is 0 Å². The number of carbonyl (C=O) groups is 1. The van der Waals surface area contributed by atoms with Crippen LogP contribution in [0, 0.1) is 0 Å². The maximum atomic E-state index is 11.8. The Morgan fingerprint density at radius 3 is 2.40 bits per heavy atom. The van der Waals surface area contributed by atoms with E-state index in [1.165, 1.54) is 0 Å². The molecule has 1 N–H and O–H groups in total. The van der Waals surface area contributed by atoms with Gasteiger partial charge in [-0.3, -0.25) is 9.69 Å². The molecule has 4 heteroatoms. The van der Waals surface area contributed by atoms with Crippen LogP contribution in [0.3, 0.4) is 0 Å². The van der Waals surface area contributed by atoms with Crippen molar-refractivity contribution in [3.8, 4) is 0 Å². The summed E-state index contributed by atoms with van der Waals surface area (Å²) in [7, 11) is 1.82. The fourth-order valence-corrected chi connectivity index (χ4v) is 1.28. The lowest BCUT2D eigenvalue weighted by molar-refractivity contribution is -0.131. The summed E-state index contributed by atoms with van der Waals surface area (Å²) < 4.78 is 0. The van der Waals surface area contributed by atoms with Crippen LogP contribution in [0.1, 0.15) is 13.8 Å². The van der Waals surface area contributed by atoms with Crippen molar-refractivity contribution in [1.29, 1.82) is 0 Å². The third-order valence-electron chi connectivity index (χ3n) is 2.08. The summed E-state index contributed by atoms with van der Waals surface area (Å²) in [5.41, 5.74) is 0.981. The highest BCUT2D eigenvalue weighted by Gasteiger charge is 2.13. The predicted molar refractivity (Wildman–Crippen MR) is 61.7 cm³/mol. The van der Waals surface area contributed by atoms with E-state index >= 15 is 0 Å². The lowest BCUT2D eigenvalue weighted by Crippen LogP contribution is -2.40. The summed E-state index contributed by atoms with van der Waals surface area (Å²) in [6, 6.07) is 0. The van der Waals surface area contributed by atoms with E-state index in [1.807, 2.05) is 25.8 Å². The Balaban J connectivity index is 4.09. The first-order chi connectivity index (χ1) is 7.01. The third kappa shape index (κ3) is 6.25. The monoisotopic (exact) mass is 214 g/mol. The minimum Gasteiger partial charge on any atom is -0.395 e. The number of hydrogen-bond donors (Lipinski definition) is 1. The predicted octanol–water partition coefficient (Wildman–Crippen LogP) is 0.335. The molecule has 0 aliphatic carbocycles. The van der Waals surface area contributed by atoms with Crippen molar-refractivity contribution in [2.45, 2.75) is 13.8 Å². The number of carbonyl (C=O) groups excluding carboxylic acids is 1. The smallest absolute Gasteiger partial charge is 0.237 e. The SMILES string of the molecule is C=C(C)CN(CC)C(=O)CN(C)CCO. The molecule has 88 valence electrons. The first-order valence-electron chi connectivity index (χ1n) is 5.22. The van der Waals surface area contributed by atoms with Crippen LogP contribution in [-0.4, -0.2) is 60.6 Å². The number of likely N-dealkylation sites (N-methyl/N-ethyl adjacent to an activating group) is 2. The molecule has 0 aromatic heterocycles. The number of aliphatic hydroxyl groups is 1. The molecule has 4 nitrogen and oxygen atoms in total. The van der Waals surface area contributed by atoms with Crippen LogP contribution >= 0.6 is 0 Å². The Kier molecular flexibility index (Phi) is 6.99. The second-order valence-electron chi connectivity index (χ2n) is 3.83. The summed E-state index contributed by atoms with van der Waals surface area (Å²) in [5, 5.41) is 8.71. The van der Waals surface area contributed by atoms with Gasteiger partial charge in [0.25, 0.3) is 0 Å². The number of aliphatic hydroxyl groups excluding tert-OH is 1. The van der Waals surface area contributed by atoms with E-state index in [9.17, 15) is 4.79 Å². The summed E-state index contributed by atoms with van der Waals surface area (Å²) in [6.45, 7) is 9.91. The van der Waals surface area contributed by atoms with Crippen LogP contribution in [0.25, 0.3) is 0 Å².